The Balaban J connectivity index is 1.81. The highest BCUT2D eigenvalue weighted by atomic mass is 19.1. The quantitative estimate of drug-likeness (QED) is 0.943. The van der Waals surface area contributed by atoms with Gasteiger partial charge in [-0.2, -0.15) is 0 Å². The summed E-state index contributed by atoms with van der Waals surface area (Å²) in [6.07, 6.45) is 5.91. The zero-order valence-corrected chi connectivity index (χ0v) is 12.0. The van der Waals surface area contributed by atoms with Crippen LogP contribution >= 0.6 is 0 Å². The minimum atomic E-state index is -0.555. The van der Waals surface area contributed by atoms with E-state index in [1.165, 1.54) is 6.20 Å². The Hall–Kier alpha value is -2.08. The van der Waals surface area contributed by atoms with Crippen molar-refractivity contribution in [1.29, 1.82) is 0 Å². The Kier molecular flexibility index (Phi) is 4.58. The molecule has 1 aromatic carbocycles. The molecule has 0 bridgehead atoms. The van der Waals surface area contributed by atoms with E-state index in [1.54, 1.807) is 0 Å². The molecule has 115 valence electrons. The molecule has 1 aliphatic rings. The number of nitrogens with one attached hydrogen (secondary N) is 1. The molecule has 1 fully saturated rings. The van der Waals surface area contributed by atoms with E-state index >= 15 is 0 Å². The Morgan fingerprint density at radius 1 is 1.27 bits per heavy atom. The second kappa shape index (κ2) is 6.79. The zero-order valence-electron chi connectivity index (χ0n) is 12.0. The lowest BCUT2D eigenvalue weighted by Gasteiger charge is -2.23. The van der Waals surface area contributed by atoms with Crippen LogP contribution in [0.3, 0.4) is 0 Å². The summed E-state index contributed by atoms with van der Waals surface area (Å²) in [5.41, 5.74) is 0.278. The molecule has 0 atom stereocenters. The van der Waals surface area contributed by atoms with Crippen LogP contribution in [0.1, 0.15) is 12.8 Å². The first-order valence-electron chi connectivity index (χ1n) is 7.26. The Bertz CT molecular complexity index is 645. The van der Waals surface area contributed by atoms with Crippen molar-refractivity contribution in [2.75, 3.05) is 19.7 Å². The minimum absolute atomic E-state index is 0.0546. The summed E-state index contributed by atoms with van der Waals surface area (Å²) in [6, 6.07) is 3.24. The molecule has 1 saturated heterocycles. The van der Waals surface area contributed by atoms with Crippen molar-refractivity contribution in [3.8, 4) is 17.0 Å². The number of hydrogen-bond donors (Lipinski definition) is 1. The van der Waals surface area contributed by atoms with Crippen LogP contribution in [-0.4, -0.2) is 29.7 Å². The molecule has 1 N–H and O–H groups in total. The van der Waals surface area contributed by atoms with E-state index in [9.17, 15) is 8.78 Å². The highest BCUT2D eigenvalue weighted by Crippen LogP contribution is 2.30. The zero-order chi connectivity index (χ0) is 15.4. The van der Waals surface area contributed by atoms with Crippen molar-refractivity contribution in [3.63, 3.8) is 0 Å². The SMILES string of the molecule is Fc1ccc(F)c(-c2n[c]ncc2OCC2CCNCC2)c1. The lowest BCUT2D eigenvalue weighted by Crippen LogP contribution is -2.30. The first-order chi connectivity index (χ1) is 10.7. The van der Waals surface area contributed by atoms with Crippen molar-refractivity contribution in [2.45, 2.75) is 12.8 Å². The molecule has 6 heteroatoms. The van der Waals surface area contributed by atoms with Crippen molar-refractivity contribution in [3.05, 3.63) is 42.4 Å². The van der Waals surface area contributed by atoms with Gasteiger partial charge in [0.25, 0.3) is 0 Å². The summed E-state index contributed by atoms with van der Waals surface area (Å²) in [5.74, 6) is -0.294. The molecule has 0 amide bonds. The molecule has 2 aromatic rings. The maximum Gasteiger partial charge on any atom is 0.198 e. The molecule has 1 aliphatic heterocycles. The van der Waals surface area contributed by atoms with Crippen LogP contribution in [0.5, 0.6) is 5.75 Å². The fourth-order valence-electron chi connectivity index (χ4n) is 2.52. The number of rotatable bonds is 4. The molecule has 22 heavy (non-hydrogen) atoms. The van der Waals surface area contributed by atoms with Crippen LogP contribution in [0, 0.1) is 23.9 Å². The summed E-state index contributed by atoms with van der Waals surface area (Å²) in [4.78, 5) is 7.73. The maximum atomic E-state index is 13.9. The summed E-state index contributed by atoms with van der Waals surface area (Å²) in [7, 11) is 0. The minimum Gasteiger partial charge on any atom is -0.489 e. The fourth-order valence-corrected chi connectivity index (χ4v) is 2.52. The number of benzene rings is 1. The standard InChI is InChI=1S/C16H16F2N3O/c17-12-1-2-14(18)13(7-12)16-15(8-20-10-21-16)22-9-11-3-5-19-6-4-11/h1-2,7-8,11,19H,3-6,9H2. The number of hydrogen-bond acceptors (Lipinski definition) is 4. The number of aromatic nitrogens is 2. The van der Waals surface area contributed by atoms with E-state index in [4.69, 9.17) is 4.74 Å². The third-order valence-electron chi connectivity index (χ3n) is 3.75. The van der Waals surface area contributed by atoms with Crippen LogP contribution < -0.4 is 10.1 Å². The first kappa shape index (κ1) is 14.8. The van der Waals surface area contributed by atoms with Gasteiger partial charge in [-0.05, 0) is 50.0 Å². The van der Waals surface area contributed by atoms with Crippen molar-refractivity contribution < 1.29 is 13.5 Å². The summed E-state index contributed by atoms with van der Waals surface area (Å²) in [5, 5.41) is 3.29. The second-order valence-corrected chi connectivity index (χ2v) is 5.31. The molecule has 2 heterocycles. The van der Waals surface area contributed by atoms with E-state index in [-0.39, 0.29) is 11.3 Å². The van der Waals surface area contributed by atoms with Gasteiger partial charge in [-0.3, -0.25) is 0 Å². The van der Waals surface area contributed by atoms with Crippen LogP contribution in [0.25, 0.3) is 11.3 Å². The van der Waals surface area contributed by atoms with Crippen LogP contribution in [0.15, 0.2) is 24.4 Å². The predicted octanol–water partition coefficient (Wildman–Crippen LogP) is 2.60. The fraction of sp³-hybridized carbons (Fsp3) is 0.375. The highest BCUT2D eigenvalue weighted by Gasteiger charge is 2.17. The lowest BCUT2D eigenvalue weighted by molar-refractivity contribution is 0.214. The molecule has 0 aliphatic carbocycles. The largest absolute Gasteiger partial charge is 0.489 e. The van der Waals surface area contributed by atoms with Gasteiger partial charge >= 0.3 is 0 Å². The van der Waals surface area contributed by atoms with Crippen molar-refractivity contribution in [2.24, 2.45) is 5.92 Å². The normalized spacial score (nSPS) is 15.7. The highest BCUT2D eigenvalue weighted by molar-refractivity contribution is 5.66. The maximum absolute atomic E-state index is 13.9. The summed E-state index contributed by atoms with van der Waals surface area (Å²) < 4.78 is 33.1. The Morgan fingerprint density at radius 3 is 2.91 bits per heavy atom. The first-order valence-corrected chi connectivity index (χ1v) is 7.26. The Morgan fingerprint density at radius 2 is 2.09 bits per heavy atom. The van der Waals surface area contributed by atoms with Gasteiger partial charge in [-0.15, -0.1) is 0 Å². The van der Waals surface area contributed by atoms with Gasteiger partial charge in [0.15, 0.2) is 12.1 Å². The molecule has 4 nitrogen and oxygen atoms in total. The molecular weight excluding hydrogens is 288 g/mol. The monoisotopic (exact) mass is 304 g/mol. The number of piperidine rings is 1. The molecule has 3 rings (SSSR count). The predicted molar refractivity (Wildman–Crippen MR) is 77.3 cm³/mol. The third kappa shape index (κ3) is 3.39. The van der Waals surface area contributed by atoms with Gasteiger partial charge in [0.2, 0.25) is 0 Å². The van der Waals surface area contributed by atoms with Crippen LogP contribution in [0.4, 0.5) is 8.78 Å². The smallest absolute Gasteiger partial charge is 0.198 e. The van der Waals surface area contributed by atoms with Gasteiger partial charge in [-0.1, -0.05) is 0 Å². The van der Waals surface area contributed by atoms with Gasteiger partial charge in [0.05, 0.1) is 12.8 Å². The van der Waals surface area contributed by atoms with Crippen molar-refractivity contribution >= 4 is 0 Å². The average molecular weight is 304 g/mol. The van der Waals surface area contributed by atoms with Crippen molar-refractivity contribution in [1.82, 2.24) is 15.3 Å². The van der Waals surface area contributed by atoms with E-state index < -0.39 is 11.6 Å². The van der Waals surface area contributed by atoms with E-state index in [0.29, 0.717) is 18.3 Å². The molecular formula is C16H16F2N3O. The summed E-state index contributed by atoms with van der Waals surface area (Å²) in [6.45, 7) is 2.45. The molecule has 0 saturated carbocycles. The molecule has 1 aromatic heterocycles. The number of ether oxygens (including phenoxy) is 1. The average Bonchev–Trinajstić information content (AvgIpc) is 2.56. The van der Waals surface area contributed by atoms with E-state index in [0.717, 1.165) is 44.1 Å². The molecule has 0 unspecified atom stereocenters. The molecule has 0 spiro atoms. The number of halogens is 2. The summed E-state index contributed by atoms with van der Waals surface area (Å²) >= 11 is 0. The van der Waals surface area contributed by atoms with E-state index in [2.05, 4.69) is 21.6 Å². The van der Waals surface area contributed by atoms with Gasteiger partial charge in [-0.25, -0.2) is 18.7 Å². The Labute approximate surface area is 127 Å². The topological polar surface area (TPSA) is 47.0 Å². The molecule has 1 radical (unpaired) electrons. The van der Waals surface area contributed by atoms with Gasteiger partial charge in [0.1, 0.15) is 17.3 Å². The second-order valence-electron chi connectivity index (χ2n) is 5.31. The van der Waals surface area contributed by atoms with Crippen LogP contribution in [0.2, 0.25) is 0 Å². The van der Waals surface area contributed by atoms with Crippen LogP contribution in [-0.2, 0) is 0 Å². The van der Waals surface area contributed by atoms with Gasteiger partial charge < -0.3 is 10.1 Å². The third-order valence-corrected chi connectivity index (χ3v) is 3.75. The van der Waals surface area contributed by atoms with Gasteiger partial charge in [0, 0.05) is 5.56 Å². The number of nitrogens with zero attached hydrogens (tertiary/aromatic N) is 2. The lowest BCUT2D eigenvalue weighted by atomic mass is 9.99. The van der Waals surface area contributed by atoms with E-state index in [1.807, 2.05) is 0 Å².